The molecule has 0 aromatic carbocycles. The lowest BCUT2D eigenvalue weighted by molar-refractivity contribution is 0.451. The molecule has 1 unspecified atom stereocenters. The van der Waals surface area contributed by atoms with E-state index in [0.29, 0.717) is 0 Å². The smallest absolute Gasteiger partial charge is 0.0830 e. The van der Waals surface area contributed by atoms with Gasteiger partial charge in [0.1, 0.15) is 0 Å². The predicted molar refractivity (Wildman–Crippen MR) is 74.9 cm³/mol. The number of thiophene rings is 1. The number of aromatic nitrogens is 1. The Morgan fingerprint density at radius 3 is 3.24 bits per heavy atom. The fraction of sp³-hybridized carbons (Fsp3) is 0.500. The molecule has 3 heterocycles. The van der Waals surface area contributed by atoms with Crippen molar-refractivity contribution in [2.75, 3.05) is 11.4 Å². The summed E-state index contributed by atoms with van der Waals surface area (Å²) >= 11 is 1.82. The van der Waals surface area contributed by atoms with E-state index in [1.165, 1.54) is 42.6 Å². The van der Waals surface area contributed by atoms with E-state index in [1.54, 1.807) is 0 Å². The molecule has 0 radical (unpaired) electrons. The molecule has 1 saturated heterocycles. The van der Waals surface area contributed by atoms with Crippen molar-refractivity contribution in [3.8, 4) is 0 Å². The first kappa shape index (κ1) is 11.0. The summed E-state index contributed by atoms with van der Waals surface area (Å²) in [5.74, 6) is 0. The molecule has 1 fully saturated rings. The highest BCUT2D eigenvalue weighted by Gasteiger charge is 2.22. The third kappa shape index (κ3) is 1.93. The summed E-state index contributed by atoms with van der Waals surface area (Å²) in [6.07, 6.45) is 7.24. The van der Waals surface area contributed by atoms with Crippen LogP contribution in [0.1, 0.15) is 32.6 Å². The van der Waals surface area contributed by atoms with Gasteiger partial charge in [-0.1, -0.05) is 6.92 Å². The maximum atomic E-state index is 4.43. The second-order valence-electron chi connectivity index (χ2n) is 4.72. The summed E-state index contributed by atoms with van der Waals surface area (Å²) in [6.45, 7) is 3.51. The number of pyridine rings is 1. The zero-order valence-corrected chi connectivity index (χ0v) is 11.0. The number of anilines is 1. The van der Waals surface area contributed by atoms with Crippen molar-refractivity contribution < 1.29 is 0 Å². The molecule has 1 aliphatic heterocycles. The summed E-state index contributed by atoms with van der Waals surface area (Å²) in [7, 11) is 0. The van der Waals surface area contributed by atoms with Gasteiger partial charge in [0.05, 0.1) is 15.9 Å². The van der Waals surface area contributed by atoms with Gasteiger partial charge in [0.25, 0.3) is 0 Å². The van der Waals surface area contributed by atoms with Crippen LogP contribution >= 0.6 is 11.3 Å². The summed E-state index contributed by atoms with van der Waals surface area (Å²) in [4.78, 5) is 7.03. The van der Waals surface area contributed by atoms with Crippen molar-refractivity contribution in [3.63, 3.8) is 0 Å². The Bertz CT molecular complexity index is 506. The van der Waals surface area contributed by atoms with Crippen LogP contribution in [-0.4, -0.2) is 17.6 Å². The standard InChI is InChI=1S/C14H18N2S/c1-2-11-5-3-4-9-16(11)13-6-8-15-12-7-10-17-14(12)13/h6-8,10-11H,2-5,9H2,1H3. The van der Waals surface area contributed by atoms with Gasteiger partial charge in [0.15, 0.2) is 0 Å². The summed E-state index contributed by atoms with van der Waals surface area (Å²) in [5.41, 5.74) is 2.55. The Morgan fingerprint density at radius 2 is 2.35 bits per heavy atom. The molecule has 0 saturated carbocycles. The fourth-order valence-electron chi connectivity index (χ4n) is 2.83. The normalized spacial score (nSPS) is 21.0. The maximum Gasteiger partial charge on any atom is 0.0830 e. The Hall–Kier alpha value is -1.09. The molecule has 0 amide bonds. The molecule has 2 aromatic heterocycles. The van der Waals surface area contributed by atoms with Crippen LogP contribution < -0.4 is 4.90 Å². The van der Waals surface area contributed by atoms with E-state index in [4.69, 9.17) is 0 Å². The van der Waals surface area contributed by atoms with Gasteiger partial charge in [0.2, 0.25) is 0 Å². The van der Waals surface area contributed by atoms with Crippen LogP contribution in [0.25, 0.3) is 10.2 Å². The molecule has 3 heteroatoms. The van der Waals surface area contributed by atoms with E-state index in [1.807, 2.05) is 17.5 Å². The summed E-state index contributed by atoms with van der Waals surface area (Å²) in [5, 5.41) is 2.14. The van der Waals surface area contributed by atoms with E-state index >= 15 is 0 Å². The topological polar surface area (TPSA) is 16.1 Å². The van der Waals surface area contributed by atoms with Crippen LogP contribution in [0.15, 0.2) is 23.7 Å². The predicted octanol–water partition coefficient (Wildman–Crippen LogP) is 4.07. The number of hydrogen-bond donors (Lipinski definition) is 0. The van der Waals surface area contributed by atoms with Crippen LogP contribution in [0.2, 0.25) is 0 Å². The lowest BCUT2D eigenvalue weighted by Gasteiger charge is -2.37. The van der Waals surface area contributed by atoms with E-state index < -0.39 is 0 Å². The minimum absolute atomic E-state index is 0.719. The number of nitrogens with zero attached hydrogens (tertiary/aromatic N) is 2. The third-order valence-corrected chi connectivity index (χ3v) is 4.66. The first-order chi connectivity index (χ1) is 8.40. The Kier molecular flexibility index (Phi) is 3.02. The Labute approximate surface area is 106 Å². The molecule has 17 heavy (non-hydrogen) atoms. The van der Waals surface area contributed by atoms with Gasteiger partial charge >= 0.3 is 0 Å². The molecule has 1 aliphatic rings. The van der Waals surface area contributed by atoms with Crippen LogP contribution in [0, 0.1) is 0 Å². The first-order valence-electron chi connectivity index (χ1n) is 6.49. The maximum absolute atomic E-state index is 4.43. The van der Waals surface area contributed by atoms with Crippen molar-refractivity contribution in [3.05, 3.63) is 23.7 Å². The molecule has 3 rings (SSSR count). The SMILES string of the molecule is CCC1CCCCN1c1ccnc2ccsc12. The van der Waals surface area contributed by atoms with E-state index in [-0.39, 0.29) is 0 Å². The van der Waals surface area contributed by atoms with Crippen molar-refractivity contribution >= 4 is 27.2 Å². The molecular weight excluding hydrogens is 228 g/mol. The average Bonchev–Trinajstić information content (AvgIpc) is 2.86. The minimum Gasteiger partial charge on any atom is -0.367 e. The van der Waals surface area contributed by atoms with Gasteiger partial charge < -0.3 is 4.90 Å². The van der Waals surface area contributed by atoms with Crippen LogP contribution in [0.5, 0.6) is 0 Å². The van der Waals surface area contributed by atoms with Crippen molar-refractivity contribution in [2.24, 2.45) is 0 Å². The minimum atomic E-state index is 0.719. The second kappa shape index (κ2) is 4.65. The summed E-state index contributed by atoms with van der Waals surface area (Å²) < 4.78 is 1.35. The largest absolute Gasteiger partial charge is 0.367 e. The van der Waals surface area contributed by atoms with Crippen LogP contribution in [0.3, 0.4) is 0 Å². The number of rotatable bonds is 2. The highest BCUT2D eigenvalue weighted by Crippen LogP contribution is 2.34. The lowest BCUT2D eigenvalue weighted by Crippen LogP contribution is -2.39. The molecule has 0 aliphatic carbocycles. The molecule has 2 nitrogen and oxygen atoms in total. The number of fused-ring (bicyclic) bond motifs is 1. The molecule has 90 valence electrons. The van der Waals surface area contributed by atoms with Gasteiger partial charge in [-0.05, 0) is 43.2 Å². The van der Waals surface area contributed by atoms with Crippen LogP contribution in [-0.2, 0) is 0 Å². The average molecular weight is 246 g/mol. The zero-order valence-electron chi connectivity index (χ0n) is 10.2. The van der Waals surface area contributed by atoms with Crippen molar-refractivity contribution in [2.45, 2.75) is 38.6 Å². The zero-order chi connectivity index (χ0) is 11.7. The number of hydrogen-bond acceptors (Lipinski definition) is 3. The van der Waals surface area contributed by atoms with Gasteiger partial charge in [-0.15, -0.1) is 11.3 Å². The van der Waals surface area contributed by atoms with Crippen LogP contribution in [0.4, 0.5) is 5.69 Å². The highest BCUT2D eigenvalue weighted by molar-refractivity contribution is 7.17. The molecule has 0 N–H and O–H groups in total. The van der Waals surface area contributed by atoms with Crippen molar-refractivity contribution in [1.29, 1.82) is 0 Å². The van der Waals surface area contributed by atoms with E-state index in [9.17, 15) is 0 Å². The molecular formula is C14H18N2S. The highest BCUT2D eigenvalue weighted by atomic mass is 32.1. The Balaban J connectivity index is 2.04. The third-order valence-electron chi connectivity index (χ3n) is 3.73. The van der Waals surface area contributed by atoms with Gasteiger partial charge in [-0.25, -0.2) is 0 Å². The van der Waals surface area contributed by atoms with Crippen molar-refractivity contribution in [1.82, 2.24) is 4.98 Å². The molecule has 0 spiro atoms. The molecule has 2 aromatic rings. The lowest BCUT2D eigenvalue weighted by atomic mass is 9.99. The molecule has 0 bridgehead atoms. The van der Waals surface area contributed by atoms with Gasteiger partial charge in [-0.2, -0.15) is 0 Å². The van der Waals surface area contributed by atoms with E-state index in [0.717, 1.165) is 11.6 Å². The quantitative estimate of drug-likeness (QED) is 0.794. The first-order valence-corrected chi connectivity index (χ1v) is 7.37. The Morgan fingerprint density at radius 1 is 1.41 bits per heavy atom. The fourth-order valence-corrected chi connectivity index (χ4v) is 3.71. The van der Waals surface area contributed by atoms with Gasteiger partial charge in [-0.3, -0.25) is 4.98 Å². The summed E-state index contributed by atoms with van der Waals surface area (Å²) in [6, 6.07) is 5.03. The second-order valence-corrected chi connectivity index (χ2v) is 5.63. The van der Waals surface area contributed by atoms with Gasteiger partial charge in [0, 0.05) is 18.8 Å². The van der Waals surface area contributed by atoms with E-state index in [2.05, 4.69) is 34.3 Å². The monoisotopic (exact) mass is 246 g/mol. The number of piperidine rings is 1. The molecule has 1 atom stereocenters.